The van der Waals surface area contributed by atoms with Crippen molar-refractivity contribution in [1.29, 1.82) is 0 Å². The van der Waals surface area contributed by atoms with Crippen LogP contribution in [-0.2, 0) is 0 Å². The molecule has 0 aliphatic rings. The molecule has 0 aliphatic carbocycles. The first-order chi connectivity index (χ1) is 8.20. The van der Waals surface area contributed by atoms with E-state index in [0.717, 1.165) is 4.90 Å². The summed E-state index contributed by atoms with van der Waals surface area (Å²) >= 11 is 1.18. The number of aromatic nitrogens is 1. The fraction of sp³-hybridized carbons (Fsp3) is 0. The van der Waals surface area contributed by atoms with Crippen LogP contribution in [0.2, 0.25) is 0 Å². The van der Waals surface area contributed by atoms with Crippen LogP contribution in [0.1, 0.15) is 10.4 Å². The summed E-state index contributed by atoms with van der Waals surface area (Å²) in [6.07, 6.45) is 1.51. The number of rotatable bonds is 2. The Hall–Kier alpha value is -2.21. The molecule has 5 nitrogen and oxygen atoms in total. The molecule has 0 atom stereocenters. The van der Waals surface area contributed by atoms with E-state index in [4.69, 9.17) is 5.73 Å². The van der Waals surface area contributed by atoms with Crippen LogP contribution in [0.3, 0.4) is 0 Å². The number of imide groups is 1. The maximum atomic E-state index is 12.1. The van der Waals surface area contributed by atoms with Crippen molar-refractivity contribution in [2.24, 2.45) is 5.73 Å². The van der Waals surface area contributed by atoms with Crippen LogP contribution in [-0.4, -0.2) is 16.9 Å². The first-order valence-electron chi connectivity index (χ1n) is 4.78. The zero-order valence-electron chi connectivity index (χ0n) is 8.74. The van der Waals surface area contributed by atoms with E-state index in [1.54, 1.807) is 35.7 Å². The normalized spacial score (nSPS) is 9.88. The molecule has 2 aromatic rings. The van der Waals surface area contributed by atoms with Crippen molar-refractivity contribution in [3.8, 4) is 0 Å². The summed E-state index contributed by atoms with van der Waals surface area (Å²) in [7, 11) is 0. The molecule has 0 unspecified atom stereocenters. The predicted molar refractivity (Wildman–Crippen MR) is 64.9 cm³/mol. The van der Waals surface area contributed by atoms with E-state index in [1.807, 2.05) is 0 Å². The van der Waals surface area contributed by atoms with Crippen LogP contribution < -0.4 is 10.6 Å². The average molecular weight is 247 g/mol. The maximum absolute atomic E-state index is 12.1. The minimum atomic E-state index is -0.839. The van der Waals surface area contributed by atoms with E-state index in [9.17, 15) is 9.59 Å². The molecule has 1 aromatic heterocycles. The highest BCUT2D eigenvalue weighted by atomic mass is 32.1. The Kier molecular flexibility index (Phi) is 3.15. The van der Waals surface area contributed by atoms with Gasteiger partial charge in [-0.15, -0.1) is 11.3 Å². The minimum absolute atomic E-state index is 0.270. The van der Waals surface area contributed by atoms with Crippen LogP contribution >= 0.6 is 11.3 Å². The van der Waals surface area contributed by atoms with Crippen molar-refractivity contribution in [3.05, 3.63) is 47.5 Å². The first-order valence-corrected chi connectivity index (χ1v) is 5.66. The Morgan fingerprint density at radius 1 is 1.24 bits per heavy atom. The van der Waals surface area contributed by atoms with Crippen molar-refractivity contribution >= 4 is 28.4 Å². The lowest BCUT2D eigenvalue weighted by Crippen LogP contribution is -2.40. The van der Waals surface area contributed by atoms with Gasteiger partial charge in [-0.1, -0.05) is 18.2 Å². The maximum Gasteiger partial charge on any atom is 0.328 e. The second-order valence-corrected chi connectivity index (χ2v) is 4.03. The topological polar surface area (TPSA) is 76.3 Å². The highest BCUT2D eigenvalue weighted by molar-refractivity contribution is 7.14. The molecule has 1 aromatic carbocycles. The van der Waals surface area contributed by atoms with Crippen LogP contribution in [0.25, 0.3) is 0 Å². The van der Waals surface area contributed by atoms with Crippen molar-refractivity contribution in [1.82, 2.24) is 4.98 Å². The van der Waals surface area contributed by atoms with Gasteiger partial charge in [0, 0.05) is 17.1 Å². The summed E-state index contributed by atoms with van der Waals surface area (Å²) in [5.41, 5.74) is 5.59. The number of primary amides is 1. The largest absolute Gasteiger partial charge is 0.351 e. The van der Waals surface area contributed by atoms with Gasteiger partial charge in [0.15, 0.2) is 0 Å². The van der Waals surface area contributed by atoms with Gasteiger partial charge < -0.3 is 5.73 Å². The number of anilines is 1. The van der Waals surface area contributed by atoms with Gasteiger partial charge in [-0.25, -0.2) is 14.7 Å². The van der Waals surface area contributed by atoms with Gasteiger partial charge in [-0.3, -0.25) is 4.79 Å². The second-order valence-electron chi connectivity index (χ2n) is 3.16. The Balaban J connectivity index is 2.36. The lowest BCUT2D eigenvalue weighted by molar-refractivity contribution is 0.0995. The fourth-order valence-corrected chi connectivity index (χ4v) is 1.96. The predicted octanol–water partition coefficient (Wildman–Crippen LogP) is 1.87. The number of hydrogen-bond acceptors (Lipinski definition) is 4. The van der Waals surface area contributed by atoms with Crippen LogP contribution in [0.5, 0.6) is 0 Å². The van der Waals surface area contributed by atoms with E-state index in [0.29, 0.717) is 5.56 Å². The van der Waals surface area contributed by atoms with Gasteiger partial charge >= 0.3 is 6.03 Å². The van der Waals surface area contributed by atoms with Gasteiger partial charge in [-0.05, 0) is 12.1 Å². The summed E-state index contributed by atoms with van der Waals surface area (Å²) in [5.74, 6) is -0.479. The molecule has 0 saturated carbocycles. The number of benzene rings is 1. The average Bonchev–Trinajstić information content (AvgIpc) is 2.83. The Labute approximate surface area is 102 Å². The van der Waals surface area contributed by atoms with E-state index < -0.39 is 11.9 Å². The molecule has 0 saturated heterocycles. The third kappa shape index (κ3) is 2.31. The summed E-state index contributed by atoms with van der Waals surface area (Å²) < 4.78 is 0. The molecule has 6 heteroatoms. The van der Waals surface area contributed by atoms with Gasteiger partial charge in [0.05, 0.1) is 0 Å². The molecule has 2 rings (SSSR count). The summed E-state index contributed by atoms with van der Waals surface area (Å²) in [5, 5.41) is 1.94. The number of carbonyl (C=O) groups excluding carboxylic acids is 2. The van der Waals surface area contributed by atoms with Gasteiger partial charge in [0.1, 0.15) is 0 Å². The van der Waals surface area contributed by atoms with Gasteiger partial charge in [0.25, 0.3) is 5.91 Å². The standard InChI is InChI=1S/C11H9N3O2S/c12-10(16)14(11-13-6-7-17-11)9(15)8-4-2-1-3-5-8/h1-7H,(H2,12,16). The molecule has 0 fully saturated rings. The minimum Gasteiger partial charge on any atom is -0.351 e. The molecule has 0 aliphatic heterocycles. The monoisotopic (exact) mass is 247 g/mol. The first kappa shape index (κ1) is 11.3. The molecule has 17 heavy (non-hydrogen) atoms. The van der Waals surface area contributed by atoms with Gasteiger partial charge in [-0.2, -0.15) is 0 Å². The Morgan fingerprint density at radius 3 is 2.47 bits per heavy atom. The highest BCUT2D eigenvalue weighted by Crippen LogP contribution is 2.19. The molecule has 2 N–H and O–H groups in total. The molecular weight excluding hydrogens is 238 g/mol. The van der Waals surface area contributed by atoms with Crippen molar-refractivity contribution in [3.63, 3.8) is 0 Å². The highest BCUT2D eigenvalue weighted by Gasteiger charge is 2.24. The lowest BCUT2D eigenvalue weighted by atomic mass is 10.2. The number of thiazole rings is 1. The second kappa shape index (κ2) is 4.75. The molecule has 86 valence electrons. The number of nitrogens with zero attached hydrogens (tertiary/aromatic N) is 2. The van der Waals surface area contributed by atoms with Crippen molar-refractivity contribution in [2.45, 2.75) is 0 Å². The fourth-order valence-electron chi connectivity index (χ4n) is 1.32. The zero-order valence-corrected chi connectivity index (χ0v) is 9.55. The summed E-state index contributed by atoms with van der Waals surface area (Å²) in [4.78, 5) is 28.2. The number of carbonyl (C=O) groups is 2. The van der Waals surface area contributed by atoms with E-state index in [1.165, 1.54) is 17.5 Å². The van der Waals surface area contributed by atoms with Crippen LogP contribution in [0.15, 0.2) is 41.9 Å². The summed E-state index contributed by atoms with van der Waals surface area (Å²) in [6, 6.07) is 7.61. The lowest BCUT2D eigenvalue weighted by Gasteiger charge is -2.14. The Bertz CT molecular complexity index is 525. The molecule has 0 bridgehead atoms. The van der Waals surface area contributed by atoms with E-state index in [2.05, 4.69) is 4.98 Å². The number of hydrogen-bond donors (Lipinski definition) is 1. The number of urea groups is 1. The number of nitrogens with two attached hydrogens (primary N) is 1. The quantitative estimate of drug-likeness (QED) is 0.880. The van der Waals surface area contributed by atoms with Crippen molar-refractivity contribution < 1.29 is 9.59 Å². The van der Waals surface area contributed by atoms with Gasteiger partial charge in [0.2, 0.25) is 5.13 Å². The number of amides is 3. The Morgan fingerprint density at radius 2 is 1.94 bits per heavy atom. The third-order valence-electron chi connectivity index (χ3n) is 2.05. The van der Waals surface area contributed by atoms with E-state index >= 15 is 0 Å². The molecular formula is C11H9N3O2S. The smallest absolute Gasteiger partial charge is 0.328 e. The zero-order chi connectivity index (χ0) is 12.3. The van der Waals surface area contributed by atoms with Crippen molar-refractivity contribution in [2.75, 3.05) is 4.90 Å². The molecule has 1 heterocycles. The van der Waals surface area contributed by atoms with Crippen LogP contribution in [0, 0.1) is 0 Å². The van der Waals surface area contributed by atoms with E-state index in [-0.39, 0.29) is 5.13 Å². The SMILES string of the molecule is NC(=O)N(C(=O)c1ccccc1)c1nccs1. The van der Waals surface area contributed by atoms with Crippen LogP contribution in [0.4, 0.5) is 9.93 Å². The summed E-state index contributed by atoms with van der Waals surface area (Å²) in [6.45, 7) is 0. The molecule has 0 spiro atoms. The molecule has 0 radical (unpaired) electrons. The molecule has 3 amide bonds. The third-order valence-corrected chi connectivity index (χ3v) is 2.81.